The van der Waals surface area contributed by atoms with Crippen LogP contribution < -0.4 is 0 Å². The lowest BCUT2D eigenvalue weighted by molar-refractivity contribution is -0.0135. The van der Waals surface area contributed by atoms with Gasteiger partial charge in [0.25, 0.3) is 0 Å². The Balaban J connectivity index is 2.54. The third kappa shape index (κ3) is 0.858. The van der Waals surface area contributed by atoms with E-state index in [9.17, 15) is 5.11 Å². The minimum Gasteiger partial charge on any atom is -0.387 e. The molecule has 0 aromatic heterocycles. The summed E-state index contributed by atoms with van der Waals surface area (Å²) < 4.78 is 5.12. The molecule has 2 atom stereocenters. The van der Waals surface area contributed by atoms with Gasteiger partial charge in [0.15, 0.2) is 0 Å². The third-order valence-corrected chi connectivity index (χ3v) is 1.85. The molecule has 0 unspecified atom stereocenters. The molecule has 48 valence electrons. The molecule has 0 aromatic rings. The summed E-state index contributed by atoms with van der Waals surface area (Å²) in [6.07, 6.45) is 0.788. The Hall–Kier alpha value is -0.0800. The first-order valence-corrected chi connectivity index (χ1v) is 2.97. The van der Waals surface area contributed by atoms with Crippen LogP contribution >= 0.6 is 0 Å². The van der Waals surface area contributed by atoms with E-state index in [0.717, 1.165) is 6.42 Å². The molecule has 1 N–H and O–H groups in total. The van der Waals surface area contributed by atoms with Crippen LogP contribution in [0.4, 0.5) is 0 Å². The molecule has 0 saturated carbocycles. The molecule has 2 heteroatoms. The van der Waals surface area contributed by atoms with Gasteiger partial charge in [0.2, 0.25) is 0 Å². The predicted molar refractivity (Wildman–Crippen MR) is 30.7 cm³/mol. The van der Waals surface area contributed by atoms with Crippen molar-refractivity contribution in [2.24, 2.45) is 0 Å². The zero-order valence-corrected chi connectivity index (χ0v) is 5.35. The van der Waals surface area contributed by atoms with Crippen LogP contribution in [0.5, 0.6) is 0 Å². The van der Waals surface area contributed by atoms with Crippen LogP contribution in [-0.2, 0) is 4.74 Å². The molecule has 0 bridgehead atoms. The van der Waals surface area contributed by atoms with E-state index in [1.165, 1.54) is 0 Å². The van der Waals surface area contributed by atoms with Crippen LogP contribution in [0.1, 0.15) is 20.3 Å². The molecule has 1 aliphatic rings. The Morgan fingerprint density at radius 3 is 2.50 bits per heavy atom. The smallest absolute Gasteiger partial charge is 0.0899 e. The van der Waals surface area contributed by atoms with Gasteiger partial charge in [0.1, 0.15) is 0 Å². The van der Waals surface area contributed by atoms with Gasteiger partial charge in [-0.2, -0.15) is 0 Å². The van der Waals surface area contributed by atoms with Crippen molar-refractivity contribution in [1.82, 2.24) is 0 Å². The van der Waals surface area contributed by atoms with Crippen molar-refractivity contribution in [3.05, 3.63) is 0 Å². The van der Waals surface area contributed by atoms with Crippen molar-refractivity contribution < 1.29 is 9.84 Å². The van der Waals surface area contributed by atoms with E-state index in [2.05, 4.69) is 0 Å². The number of aliphatic hydroxyl groups is 1. The van der Waals surface area contributed by atoms with Crippen molar-refractivity contribution in [1.29, 1.82) is 0 Å². The van der Waals surface area contributed by atoms with Crippen molar-refractivity contribution in [3.63, 3.8) is 0 Å². The summed E-state index contributed by atoms with van der Waals surface area (Å²) in [6.45, 7) is 4.41. The predicted octanol–water partition coefficient (Wildman–Crippen LogP) is 0.546. The van der Waals surface area contributed by atoms with Gasteiger partial charge in [0, 0.05) is 13.0 Å². The highest BCUT2D eigenvalue weighted by atomic mass is 16.5. The largest absolute Gasteiger partial charge is 0.387 e. The second kappa shape index (κ2) is 1.71. The van der Waals surface area contributed by atoms with Crippen LogP contribution in [0.3, 0.4) is 0 Å². The van der Waals surface area contributed by atoms with E-state index in [4.69, 9.17) is 4.74 Å². The van der Waals surface area contributed by atoms with Crippen LogP contribution in [-0.4, -0.2) is 23.4 Å². The van der Waals surface area contributed by atoms with E-state index in [1.54, 1.807) is 0 Å². The molecule has 0 radical (unpaired) electrons. The fraction of sp³-hybridized carbons (Fsp3) is 1.00. The highest BCUT2D eigenvalue weighted by Crippen LogP contribution is 2.23. The van der Waals surface area contributed by atoms with Crippen molar-refractivity contribution >= 4 is 0 Å². The topological polar surface area (TPSA) is 29.5 Å². The zero-order chi connectivity index (χ0) is 6.20. The summed E-state index contributed by atoms with van der Waals surface area (Å²) in [7, 11) is 0. The monoisotopic (exact) mass is 116 g/mol. The van der Waals surface area contributed by atoms with E-state index in [1.807, 2.05) is 13.8 Å². The fourth-order valence-corrected chi connectivity index (χ4v) is 0.825. The average Bonchev–Trinajstić information content (AvgIpc) is 1.86. The highest BCUT2D eigenvalue weighted by molar-refractivity contribution is 4.84. The van der Waals surface area contributed by atoms with Gasteiger partial charge in [-0.1, -0.05) is 0 Å². The number of ether oxygens (including phenoxy) is 1. The molecule has 2 nitrogen and oxygen atoms in total. The maximum absolute atomic E-state index is 9.34. The van der Waals surface area contributed by atoms with Gasteiger partial charge in [-0.25, -0.2) is 0 Å². The molecule has 1 heterocycles. The highest BCUT2D eigenvalue weighted by Gasteiger charge is 2.34. The zero-order valence-electron chi connectivity index (χ0n) is 5.35. The minimum atomic E-state index is -0.569. The molecule has 1 saturated heterocycles. The molecule has 0 spiro atoms. The Labute approximate surface area is 49.5 Å². The van der Waals surface area contributed by atoms with Gasteiger partial charge in [-0.15, -0.1) is 0 Å². The summed E-state index contributed by atoms with van der Waals surface area (Å²) in [4.78, 5) is 0. The lowest BCUT2D eigenvalue weighted by Gasteiger charge is -2.19. The van der Waals surface area contributed by atoms with Gasteiger partial charge < -0.3 is 9.84 Å². The molecule has 1 aliphatic heterocycles. The van der Waals surface area contributed by atoms with Crippen LogP contribution in [0.25, 0.3) is 0 Å². The quantitative estimate of drug-likeness (QED) is 0.500. The third-order valence-electron chi connectivity index (χ3n) is 1.85. The first-order chi connectivity index (χ1) is 3.63. The summed E-state index contributed by atoms with van der Waals surface area (Å²) in [5.74, 6) is 0. The molecule has 0 aromatic carbocycles. The lowest BCUT2D eigenvalue weighted by Crippen LogP contribution is -2.31. The SMILES string of the molecule is C[C@H]1OCC[C@@]1(C)O. The van der Waals surface area contributed by atoms with E-state index < -0.39 is 5.60 Å². The summed E-state index contributed by atoms with van der Waals surface area (Å²) in [6, 6.07) is 0. The van der Waals surface area contributed by atoms with Crippen molar-refractivity contribution in [2.75, 3.05) is 6.61 Å². The molecule has 0 amide bonds. The second-order valence-corrected chi connectivity index (χ2v) is 2.62. The molecular weight excluding hydrogens is 104 g/mol. The van der Waals surface area contributed by atoms with Gasteiger partial charge in [0.05, 0.1) is 11.7 Å². The first kappa shape index (κ1) is 6.05. The normalized spacial score (nSPS) is 47.6. The summed E-state index contributed by atoms with van der Waals surface area (Å²) >= 11 is 0. The Morgan fingerprint density at radius 2 is 2.38 bits per heavy atom. The van der Waals surface area contributed by atoms with Crippen molar-refractivity contribution in [3.8, 4) is 0 Å². The van der Waals surface area contributed by atoms with Crippen LogP contribution in [0.15, 0.2) is 0 Å². The molecule has 1 rings (SSSR count). The summed E-state index contributed by atoms with van der Waals surface area (Å²) in [5, 5.41) is 9.34. The number of hydrogen-bond acceptors (Lipinski definition) is 2. The Kier molecular flexibility index (Phi) is 1.29. The van der Waals surface area contributed by atoms with E-state index in [-0.39, 0.29) is 6.10 Å². The molecule has 1 fully saturated rings. The van der Waals surface area contributed by atoms with Gasteiger partial charge in [-0.05, 0) is 13.8 Å². The van der Waals surface area contributed by atoms with Crippen LogP contribution in [0.2, 0.25) is 0 Å². The number of rotatable bonds is 0. The maximum atomic E-state index is 9.34. The number of hydrogen-bond donors (Lipinski definition) is 1. The molecule has 8 heavy (non-hydrogen) atoms. The minimum absolute atomic E-state index is 0.0162. The standard InChI is InChI=1S/C6H12O2/c1-5-6(2,7)3-4-8-5/h5,7H,3-4H2,1-2H3/t5-,6-/m1/s1. The maximum Gasteiger partial charge on any atom is 0.0899 e. The molecular formula is C6H12O2. The Bertz CT molecular complexity index is 88.5. The van der Waals surface area contributed by atoms with E-state index >= 15 is 0 Å². The van der Waals surface area contributed by atoms with Gasteiger partial charge in [-0.3, -0.25) is 0 Å². The second-order valence-electron chi connectivity index (χ2n) is 2.62. The van der Waals surface area contributed by atoms with Gasteiger partial charge >= 0.3 is 0 Å². The van der Waals surface area contributed by atoms with E-state index in [0.29, 0.717) is 6.61 Å². The van der Waals surface area contributed by atoms with Crippen molar-refractivity contribution in [2.45, 2.75) is 32.0 Å². The summed E-state index contributed by atoms with van der Waals surface area (Å²) in [5.41, 5.74) is -0.569. The average molecular weight is 116 g/mol. The lowest BCUT2D eigenvalue weighted by atomic mass is 10.0. The first-order valence-electron chi connectivity index (χ1n) is 2.97. The van der Waals surface area contributed by atoms with Crippen LogP contribution in [0, 0.1) is 0 Å². The fourth-order valence-electron chi connectivity index (χ4n) is 0.825. The Morgan fingerprint density at radius 1 is 1.75 bits per heavy atom. The molecule has 0 aliphatic carbocycles.